The summed E-state index contributed by atoms with van der Waals surface area (Å²) in [6.45, 7) is 2.25. The topological polar surface area (TPSA) is 39.7 Å². The molecule has 0 atom stereocenters. The molecule has 1 aliphatic carbocycles. The molecule has 1 heterocycles. The van der Waals surface area contributed by atoms with Crippen LogP contribution < -0.4 is 10.7 Å². The van der Waals surface area contributed by atoms with Crippen LogP contribution in [-0.4, -0.2) is 29.3 Å². The molecule has 1 saturated heterocycles. The van der Waals surface area contributed by atoms with Gasteiger partial charge in [-0.2, -0.15) is 5.10 Å². The van der Waals surface area contributed by atoms with Gasteiger partial charge in [0.25, 0.3) is 0 Å². The molecule has 2 N–H and O–H groups in total. The number of allylic oxidation sites excluding steroid dienone is 2. The first-order valence-corrected chi connectivity index (χ1v) is 11.1. The number of rotatable bonds is 5. The molecule has 30 heavy (non-hydrogen) atoms. The van der Waals surface area contributed by atoms with E-state index in [1.165, 1.54) is 41.7 Å². The molecule has 0 spiro atoms. The number of benzene rings is 2. The van der Waals surface area contributed by atoms with Crippen LogP contribution in [0.15, 0.2) is 82.6 Å². The minimum absolute atomic E-state index is 0.496. The molecule has 0 bridgehead atoms. The fraction of sp³-hybridized carbons (Fsp3) is 0.280. The Hall–Kier alpha value is -2.92. The van der Waals surface area contributed by atoms with E-state index in [2.05, 4.69) is 57.2 Å². The van der Waals surface area contributed by atoms with Gasteiger partial charge < -0.3 is 10.2 Å². The van der Waals surface area contributed by atoms with Crippen LogP contribution in [0, 0.1) is 0 Å². The third kappa shape index (κ3) is 5.36. The van der Waals surface area contributed by atoms with Crippen LogP contribution in [0.2, 0.25) is 0 Å². The average molecular weight is 417 g/mol. The maximum atomic E-state index is 5.37. The smallest absolute Gasteiger partial charge is 0.191 e. The van der Waals surface area contributed by atoms with Gasteiger partial charge in [-0.3, -0.25) is 5.43 Å². The molecule has 0 amide bonds. The molecule has 0 radical (unpaired) electrons. The van der Waals surface area contributed by atoms with Crippen LogP contribution in [0.25, 0.3) is 6.08 Å². The highest BCUT2D eigenvalue weighted by Gasteiger charge is 2.25. The number of hydrogen-bond donors (Lipinski definition) is 2. The fourth-order valence-electron chi connectivity index (χ4n) is 4.10. The molecule has 2 aromatic rings. The summed E-state index contributed by atoms with van der Waals surface area (Å²) in [6.07, 6.45) is 10.2. The minimum Gasteiger partial charge on any atom is -0.371 e. The molecule has 0 unspecified atom stereocenters. The molecule has 1 fully saturated rings. The lowest BCUT2D eigenvalue weighted by Crippen LogP contribution is -2.30. The summed E-state index contributed by atoms with van der Waals surface area (Å²) in [5, 5.41) is 8.09. The van der Waals surface area contributed by atoms with Gasteiger partial charge in [0.05, 0.1) is 6.21 Å². The lowest BCUT2D eigenvalue weighted by Gasteiger charge is -2.31. The fourth-order valence-corrected chi connectivity index (χ4v) is 4.27. The lowest BCUT2D eigenvalue weighted by atomic mass is 10.0. The molecule has 0 aromatic heterocycles. The predicted molar refractivity (Wildman–Crippen MR) is 130 cm³/mol. The molecule has 5 heteroatoms. The van der Waals surface area contributed by atoms with Gasteiger partial charge in [0.1, 0.15) is 0 Å². The van der Waals surface area contributed by atoms with Crippen LogP contribution >= 0.6 is 12.2 Å². The van der Waals surface area contributed by atoms with E-state index >= 15 is 0 Å². The molecule has 4 nitrogen and oxygen atoms in total. The Morgan fingerprint density at radius 2 is 1.60 bits per heavy atom. The van der Waals surface area contributed by atoms with Gasteiger partial charge in [-0.15, -0.1) is 0 Å². The van der Waals surface area contributed by atoms with Gasteiger partial charge in [-0.25, -0.2) is 0 Å². The molecular formula is C25H28N4S. The van der Waals surface area contributed by atoms with Gasteiger partial charge in [0, 0.05) is 24.5 Å². The first-order valence-electron chi connectivity index (χ1n) is 10.7. The van der Waals surface area contributed by atoms with E-state index in [1.807, 2.05) is 36.5 Å². The summed E-state index contributed by atoms with van der Waals surface area (Å²) < 4.78 is 0. The first kappa shape index (κ1) is 20.4. The van der Waals surface area contributed by atoms with Crippen LogP contribution in [0.5, 0.6) is 0 Å². The van der Waals surface area contributed by atoms with Crippen molar-refractivity contribution in [3.63, 3.8) is 0 Å². The van der Waals surface area contributed by atoms with E-state index in [9.17, 15) is 0 Å². The summed E-state index contributed by atoms with van der Waals surface area (Å²) in [5.41, 5.74) is 9.24. The highest BCUT2D eigenvalue weighted by Crippen LogP contribution is 2.35. The number of nitrogens with one attached hydrogen (secondary N) is 2. The Kier molecular flexibility index (Phi) is 6.93. The Morgan fingerprint density at radius 3 is 2.33 bits per heavy atom. The monoisotopic (exact) mass is 416 g/mol. The molecule has 2 aliphatic rings. The van der Waals surface area contributed by atoms with Crippen molar-refractivity contribution in [1.82, 2.24) is 10.3 Å². The van der Waals surface area contributed by atoms with Gasteiger partial charge in [-0.1, -0.05) is 48.5 Å². The van der Waals surface area contributed by atoms with Gasteiger partial charge in [0.2, 0.25) is 0 Å². The van der Waals surface area contributed by atoms with Crippen molar-refractivity contribution in [2.45, 2.75) is 32.1 Å². The number of thiocarbonyl (C=S) groups is 1. The van der Waals surface area contributed by atoms with Crippen molar-refractivity contribution in [2.75, 3.05) is 18.4 Å². The third-order valence-corrected chi connectivity index (χ3v) is 5.70. The zero-order valence-electron chi connectivity index (χ0n) is 17.2. The Balaban J connectivity index is 1.50. The second kappa shape index (κ2) is 10.2. The highest BCUT2D eigenvalue weighted by atomic mass is 32.1. The summed E-state index contributed by atoms with van der Waals surface area (Å²) in [5.74, 6) is 0. The Labute approximate surface area is 184 Å². The average Bonchev–Trinajstić information content (AvgIpc) is 3.18. The second-order valence-electron chi connectivity index (χ2n) is 7.69. The van der Waals surface area contributed by atoms with Crippen LogP contribution in [-0.2, 0) is 0 Å². The van der Waals surface area contributed by atoms with E-state index in [4.69, 9.17) is 12.2 Å². The van der Waals surface area contributed by atoms with Gasteiger partial charge >= 0.3 is 0 Å². The number of hydrogen-bond acceptors (Lipinski definition) is 3. The van der Waals surface area contributed by atoms with Crippen molar-refractivity contribution in [2.24, 2.45) is 5.10 Å². The van der Waals surface area contributed by atoms with E-state index in [0.717, 1.165) is 31.6 Å². The quantitative estimate of drug-likeness (QED) is 0.379. The minimum atomic E-state index is 0.496. The maximum absolute atomic E-state index is 5.37. The van der Waals surface area contributed by atoms with E-state index in [0.29, 0.717) is 5.11 Å². The number of likely N-dealkylation sites (tertiary alicyclic amines) is 1. The first-order chi connectivity index (χ1) is 14.8. The van der Waals surface area contributed by atoms with E-state index in [1.54, 1.807) is 0 Å². The number of anilines is 1. The predicted octanol–water partition coefficient (Wildman–Crippen LogP) is 5.58. The van der Waals surface area contributed by atoms with Crippen LogP contribution in [0.1, 0.15) is 37.7 Å². The van der Waals surface area contributed by atoms with E-state index in [-0.39, 0.29) is 0 Å². The van der Waals surface area contributed by atoms with Crippen molar-refractivity contribution in [3.05, 3.63) is 83.1 Å². The zero-order valence-corrected chi connectivity index (χ0v) is 18.0. The summed E-state index contributed by atoms with van der Waals surface area (Å²) >= 11 is 5.37. The number of para-hydroxylation sites is 1. The van der Waals surface area contributed by atoms with Gasteiger partial charge in [-0.05, 0) is 79.2 Å². The molecular weight excluding hydrogens is 388 g/mol. The van der Waals surface area contributed by atoms with Crippen LogP contribution in [0.3, 0.4) is 0 Å². The van der Waals surface area contributed by atoms with E-state index < -0.39 is 0 Å². The summed E-state index contributed by atoms with van der Waals surface area (Å²) in [4.78, 5) is 2.55. The Morgan fingerprint density at radius 1 is 0.900 bits per heavy atom. The van der Waals surface area contributed by atoms with Crippen molar-refractivity contribution >= 4 is 35.3 Å². The number of piperidine rings is 1. The van der Waals surface area contributed by atoms with Crippen molar-refractivity contribution < 1.29 is 0 Å². The standard InChI is InChI=1S/C25H28N4S/c30-25(27-23-12-6-2-7-13-23)28-26-19-22-15-14-21(18-20-10-4-1-5-11-20)24(22)29-16-8-3-9-17-29/h1-2,4-7,10-13,18-19H,3,8-9,14-17H2,(H2,27,28,30)/b21-18+,26-19-. The molecule has 1 aliphatic heterocycles. The largest absolute Gasteiger partial charge is 0.371 e. The second-order valence-corrected chi connectivity index (χ2v) is 8.10. The van der Waals surface area contributed by atoms with Crippen molar-refractivity contribution in [3.8, 4) is 0 Å². The molecule has 0 saturated carbocycles. The van der Waals surface area contributed by atoms with Gasteiger partial charge in [0.15, 0.2) is 5.11 Å². The van der Waals surface area contributed by atoms with Crippen molar-refractivity contribution in [1.29, 1.82) is 0 Å². The summed E-state index contributed by atoms with van der Waals surface area (Å²) in [6, 6.07) is 20.5. The molecule has 4 rings (SSSR count). The summed E-state index contributed by atoms with van der Waals surface area (Å²) in [7, 11) is 0. The number of hydrazone groups is 1. The highest BCUT2D eigenvalue weighted by molar-refractivity contribution is 7.80. The third-order valence-electron chi connectivity index (χ3n) is 5.50. The molecule has 154 valence electrons. The number of nitrogens with zero attached hydrogens (tertiary/aromatic N) is 2. The Bertz CT molecular complexity index is 942. The molecule has 2 aromatic carbocycles. The lowest BCUT2D eigenvalue weighted by molar-refractivity contribution is 0.290. The maximum Gasteiger partial charge on any atom is 0.191 e. The zero-order chi connectivity index (χ0) is 20.6. The van der Waals surface area contributed by atoms with Crippen LogP contribution in [0.4, 0.5) is 5.69 Å². The SMILES string of the molecule is S=C(N/N=C\C1=C(N2CCCCC2)C(=C/c2ccccc2)/CC1)Nc1ccccc1. The normalized spacial score (nSPS) is 18.3.